The Balaban J connectivity index is 3.49. The van der Waals surface area contributed by atoms with Crippen molar-refractivity contribution in [3.05, 3.63) is 0 Å². The first-order valence-corrected chi connectivity index (χ1v) is 7.29. The van der Waals surface area contributed by atoms with E-state index in [1.165, 1.54) is 0 Å². The van der Waals surface area contributed by atoms with Gasteiger partial charge in [-0.05, 0) is 51.6 Å². The fourth-order valence-corrected chi connectivity index (χ4v) is 1.97. The standard InChI is InChI=1S/C14H27NO5/c16-10-9-15(7-3-1-5-11-19-13-17)8-4-2-6-12-20-14-18/h13-14,16H,1-12H2. The number of ether oxygens (including phenoxy) is 2. The predicted molar refractivity (Wildman–Crippen MR) is 75.3 cm³/mol. The molecule has 0 bridgehead atoms. The van der Waals surface area contributed by atoms with Crippen LogP contribution in [0.15, 0.2) is 0 Å². The Morgan fingerprint density at radius 3 is 1.65 bits per heavy atom. The molecule has 0 heterocycles. The van der Waals surface area contributed by atoms with Crippen molar-refractivity contribution in [2.24, 2.45) is 0 Å². The Kier molecular flexibility index (Phi) is 15.0. The van der Waals surface area contributed by atoms with Crippen LogP contribution >= 0.6 is 0 Å². The number of aliphatic hydroxyl groups excluding tert-OH is 1. The normalized spacial score (nSPS) is 10.5. The Morgan fingerprint density at radius 1 is 0.750 bits per heavy atom. The molecule has 20 heavy (non-hydrogen) atoms. The molecule has 0 atom stereocenters. The lowest BCUT2D eigenvalue weighted by atomic mass is 10.2. The van der Waals surface area contributed by atoms with E-state index in [1.54, 1.807) is 0 Å². The third-order valence-corrected chi connectivity index (χ3v) is 3.03. The van der Waals surface area contributed by atoms with Gasteiger partial charge >= 0.3 is 0 Å². The number of carbonyl (C=O) groups is 2. The van der Waals surface area contributed by atoms with Crippen molar-refractivity contribution in [2.75, 3.05) is 39.5 Å². The average molecular weight is 289 g/mol. The summed E-state index contributed by atoms with van der Waals surface area (Å²) in [5, 5.41) is 9.02. The van der Waals surface area contributed by atoms with Crippen molar-refractivity contribution >= 4 is 12.9 Å². The second-order valence-corrected chi connectivity index (χ2v) is 4.62. The maximum Gasteiger partial charge on any atom is 0.293 e. The van der Waals surface area contributed by atoms with E-state index in [2.05, 4.69) is 14.4 Å². The van der Waals surface area contributed by atoms with Gasteiger partial charge in [-0.25, -0.2) is 0 Å². The highest BCUT2D eigenvalue weighted by atomic mass is 16.5. The summed E-state index contributed by atoms with van der Waals surface area (Å²) in [5.41, 5.74) is 0. The molecule has 0 amide bonds. The second kappa shape index (κ2) is 15.9. The molecule has 6 nitrogen and oxygen atoms in total. The van der Waals surface area contributed by atoms with Crippen LogP contribution in [-0.2, 0) is 19.1 Å². The van der Waals surface area contributed by atoms with Gasteiger partial charge in [0, 0.05) is 6.54 Å². The Hall–Kier alpha value is -1.14. The van der Waals surface area contributed by atoms with Gasteiger partial charge in [-0.3, -0.25) is 9.59 Å². The van der Waals surface area contributed by atoms with E-state index in [0.717, 1.165) is 51.6 Å². The summed E-state index contributed by atoms with van der Waals surface area (Å²) in [6, 6.07) is 0. The fourth-order valence-electron chi connectivity index (χ4n) is 1.97. The van der Waals surface area contributed by atoms with Crippen LogP contribution in [0.2, 0.25) is 0 Å². The van der Waals surface area contributed by atoms with Crippen LogP contribution in [0.3, 0.4) is 0 Å². The first kappa shape index (κ1) is 18.9. The Bertz CT molecular complexity index is 206. The fraction of sp³-hybridized carbons (Fsp3) is 0.857. The van der Waals surface area contributed by atoms with Gasteiger partial charge in [-0.1, -0.05) is 0 Å². The molecule has 0 saturated heterocycles. The van der Waals surface area contributed by atoms with Gasteiger partial charge in [0.15, 0.2) is 0 Å². The van der Waals surface area contributed by atoms with Crippen molar-refractivity contribution in [1.29, 1.82) is 0 Å². The topological polar surface area (TPSA) is 76.1 Å². The first-order chi connectivity index (χ1) is 9.85. The molecule has 1 N–H and O–H groups in total. The van der Waals surface area contributed by atoms with Crippen LogP contribution in [0.25, 0.3) is 0 Å². The second-order valence-electron chi connectivity index (χ2n) is 4.62. The number of hydrogen-bond donors (Lipinski definition) is 1. The maximum absolute atomic E-state index is 9.96. The molecular weight excluding hydrogens is 262 g/mol. The van der Waals surface area contributed by atoms with Crippen molar-refractivity contribution in [3.63, 3.8) is 0 Å². The van der Waals surface area contributed by atoms with Crippen molar-refractivity contribution in [3.8, 4) is 0 Å². The Labute approximate surface area is 121 Å². The third-order valence-electron chi connectivity index (χ3n) is 3.03. The molecule has 0 radical (unpaired) electrons. The highest BCUT2D eigenvalue weighted by Gasteiger charge is 2.03. The summed E-state index contributed by atoms with van der Waals surface area (Å²) in [6.07, 6.45) is 5.88. The summed E-state index contributed by atoms with van der Waals surface area (Å²) in [4.78, 5) is 22.2. The molecule has 0 aromatic rings. The molecule has 0 aliphatic carbocycles. The van der Waals surface area contributed by atoms with Crippen molar-refractivity contribution in [2.45, 2.75) is 38.5 Å². The highest BCUT2D eigenvalue weighted by Crippen LogP contribution is 2.03. The van der Waals surface area contributed by atoms with Crippen molar-refractivity contribution < 1.29 is 24.2 Å². The number of unbranched alkanes of at least 4 members (excludes halogenated alkanes) is 4. The molecule has 0 rings (SSSR count). The number of nitrogens with zero attached hydrogens (tertiary/aromatic N) is 1. The Morgan fingerprint density at radius 2 is 1.25 bits per heavy atom. The van der Waals surface area contributed by atoms with Crippen LogP contribution in [0, 0.1) is 0 Å². The van der Waals surface area contributed by atoms with Gasteiger partial charge in [-0.15, -0.1) is 0 Å². The van der Waals surface area contributed by atoms with Gasteiger partial charge in [0.2, 0.25) is 0 Å². The number of aliphatic hydroxyl groups is 1. The number of rotatable bonds is 16. The van der Waals surface area contributed by atoms with Gasteiger partial charge in [-0.2, -0.15) is 0 Å². The summed E-state index contributed by atoms with van der Waals surface area (Å²) < 4.78 is 9.26. The molecule has 0 aliphatic heterocycles. The number of hydrogen-bond acceptors (Lipinski definition) is 6. The SMILES string of the molecule is O=COCCCCCN(CCO)CCCCCOC=O. The summed E-state index contributed by atoms with van der Waals surface area (Å²) in [5.74, 6) is 0. The van der Waals surface area contributed by atoms with Crippen LogP contribution in [0.5, 0.6) is 0 Å². The minimum Gasteiger partial charge on any atom is -0.468 e. The minimum absolute atomic E-state index is 0.169. The van der Waals surface area contributed by atoms with Crippen LogP contribution in [-0.4, -0.2) is 62.4 Å². The zero-order chi connectivity index (χ0) is 14.9. The third kappa shape index (κ3) is 13.3. The minimum atomic E-state index is 0.169. The van der Waals surface area contributed by atoms with E-state index >= 15 is 0 Å². The largest absolute Gasteiger partial charge is 0.468 e. The van der Waals surface area contributed by atoms with Crippen LogP contribution in [0.1, 0.15) is 38.5 Å². The van der Waals surface area contributed by atoms with Gasteiger partial charge < -0.3 is 19.5 Å². The van der Waals surface area contributed by atoms with Gasteiger partial charge in [0.05, 0.1) is 19.8 Å². The molecule has 0 spiro atoms. The quantitative estimate of drug-likeness (QED) is 0.337. The molecule has 0 saturated carbocycles. The molecule has 118 valence electrons. The van der Waals surface area contributed by atoms with E-state index < -0.39 is 0 Å². The van der Waals surface area contributed by atoms with E-state index in [0.29, 0.717) is 32.7 Å². The summed E-state index contributed by atoms with van der Waals surface area (Å²) >= 11 is 0. The van der Waals surface area contributed by atoms with Crippen molar-refractivity contribution in [1.82, 2.24) is 4.90 Å². The van der Waals surface area contributed by atoms with E-state index in [-0.39, 0.29) is 6.61 Å². The average Bonchev–Trinajstić information content (AvgIpc) is 2.46. The van der Waals surface area contributed by atoms with E-state index in [9.17, 15) is 9.59 Å². The zero-order valence-corrected chi connectivity index (χ0v) is 12.2. The predicted octanol–water partition coefficient (Wildman–Crippen LogP) is 0.967. The van der Waals surface area contributed by atoms with Gasteiger partial charge in [0.1, 0.15) is 0 Å². The molecule has 0 aromatic carbocycles. The van der Waals surface area contributed by atoms with Crippen LogP contribution in [0.4, 0.5) is 0 Å². The molecule has 0 fully saturated rings. The molecule has 0 aliphatic rings. The summed E-state index contributed by atoms with van der Waals surface area (Å²) in [7, 11) is 0. The molecule has 6 heteroatoms. The molecular formula is C14H27NO5. The smallest absolute Gasteiger partial charge is 0.293 e. The summed E-state index contributed by atoms with van der Waals surface area (Å²) in [6.45, 7) is 4.69. The molecule has 0 unspecified atom stereocenters. The lowest BCUT2D eigenvalue weighted by Gasteiger charge is -2.21. The first-order valence-electron chi connectivity index (χ1n) is 7.29. The van der Waals surface area contributed by atoms with E-state index in [1.807, 2.05) is 0 Å². The van der Waals surface area contributed by atoms with Gasteiger partial charge in [0.25, 0.3) is 12.9 Å². The highest BCUT2D eigenvalue weighted by molar-refractivity contribution is 5.36. The zero-order valence-electron chi connectivity index (χ0n) is 12.2. The lowest BCUT2D eigenvalue weighted by molar-refractivity contribution is -0.129. The number of carbonyl (C=O) groups excluding carboxylic acids is 2. The van der Waals surface area contributed by atoms with E-state index in [4.69, 9.17) is 5.11 Å². The monoisotopic (exact) mass is 289 g/mol. The lowest BCUT2D eigenvalue weighted by Crippen LogP contribution is -2.29. The molecule has 0 aromatic heterocycles. The maximum atomic E-state index is 9.96. The van der Waals surface area contributed by atoms with Crippen LogP contribution < -0.4 is 0 Å².